The standard InChI is InChI=1S/C20H33NO4S/c1-22-15-23-14-16-6-2-4-11-20(16,21)18-9-8-17(26-18)10-13-25-19-7-3-5-12-24-19/h8-9,16,19H,2-7,10-15,21H2,1H3/t16-,19?,20-/m0/s1. The van der Waals surface area contributed by atoms with Gasteiger partial charge in [0.25, 0.3) is 0 Å². The molecule has 0 radical (unpaired) electrons. The number of hydrogen-bond donors (Lipinski definition) is 1. The Hall–Kier alpha value is -0.500. The normalized spacial score (nSPS) is 29.8. The average molecular weight is 384 g/mol. The van der Waals surface area contributed by atoms with Crippen LogP contribution in [-0.4, -0.2) is 40.0 Å². The van der Waals surface area contributed by atoms with Gasteiger partial charge in [0, 0.05) is 35.8 Å². The highest BCUT2D eigenvalue weighted by Gasteiger charge is 2.39. The quantitative estimate of drug-likeness (QED) is 0.519. The molecule has 1 aromatic rings. The Morgan fingerprint density at radius 1 is 1.23 bits per heavy atom. The van der Waals surface area contributed by atoms with Crippen LogP contribution >= 0.6 is 11.3 Å². The molecule has 1 aromatic heterocycles. The summed E-state index contributed by atoms with van der Waals surface area (Å²) in [4.78, 5) is 2.62. The van der Waals surface area contributed by atoms with Crippen molar-refractivity contribution < 1.29 is 18.9 Å². The van der Waals surface area contributed by atoms with E-state index in [1.165, 1.54) is 29.0 Å². The van der Waals surface area contributed by atoms with Crippen molar-refractivity contribution in [1.82, 2.24) is 0 Å². The summed E-state index contributed by atoms with van der Waals surface area (Å²) in [6.45, 7) is 2.54. The zero-order chi connectivity index (χ0) is 18.2. The van der Waals surface area contributed by atoms with Gasteiger partial charge in [0.15, 0.2) is 6.29 Å². The minimum atomic E-state index is -0.276. The second-order valence-corrected chi connectivity index (χ2v) is 8.61. The van der Waals surface area contributed by atoms with Crippen molar-refractivity contribution in [3.8, 4) is 0 Å². The molecule has 6 heteroatoms. The molecule has 1 unspecified atom stereocenters. The number of thiophene rings is 1. The van der Waals surface area contributed by atoms with Crippen molar-refractivity contribution in [3.63, 3.8) is 0 Å². The molecular formula is C20H33NO4S. The Kier molecular flexibility index (Phi) is 7.91. The summed E-state index contributed by atoms with van der Waals surface area (Å²) in [7, 11) is 1.66. The first-order valence-corrected chi connectivity index (χ1v) is 10.7. The number of methoxy groups -OCH3 is 1. The molecule has 26 heavy (non-hydrogen) atoms. The van der Waals surface area contributed by atoms with E-state index in [0.717, 1.165) is 38.7 Å². The first kappa shape index (κ1) is 20.2. The molecule has 3 rings (SSSR count). The van der Waals surface area contributed by atoms with Gasteiger partial charge < -0.3 is 24.7 Å². The Morgan fingerprint density at radius 2 is 2.12 bits per heavy atom. The molecule has 1 aliphatic carbocycles. The summed E-state index contributed by atoms with van der Waals surface area (Å²) < 4.78 is 22.2. The van der Waals surface area contributed by atoms with Crippen molar-refractivity contribution in [1.29, 1.82) is 0 Å². The molecule has 1 saturated heterocycles. The lowest BCUT2D eigenvalue weighted by molar-refractivity contribution is -0.161. The third-order valence-corrected chi connectivity index (χ3v) is 6.89. The number of hydrogen-bond acceptors (Lipinski definition) is 6. The van der Waals surface area contributed by atoms with E-state index in [0.29, 0.717) is 25.9 Å². The van der Waals surface area contributed by atoms with Crippen LogP contribution in [0.15, 0.2) is 12.1 Å². The zero-order valence-electron chi connectivity index (χ0n) is 15.9. The molecule has 1 saturated carbocycles. The zero-order valence-corrected chi connectivity index (χ0v) is 16.7. The lowest BCUT2D eigenvalue weighted by Gasteiger charge is -2.40. The number of rotatable bonds is 9. The highest BCUT2D eigenvalue weighted by molar-refractivity contribution is 7.12. The van der Waals surface area contributed by atoms with Gasteiger partial charge >= 0.3 is 0 Å². The molecule has 0 spiro atoms. The molecule has 2 heterocycles. The average Bonchev–Trinajstić information content (AvgIpc) is 3.14. The van der Waals surface area contributed by atoms with E-state index in [4.69, 9.17) is 24.7 Å². The smallest absolute Gasteiger partial charge is 0.157 e. The van der Waals surface area contributed by atoms with Gasteiger partial charge in [-0.3, -0.25) is 0 Å². The minimum Gasteiger partial charge on any atom is -0.359 e. The van der Waals surface area contributed by atoms with Gasteiger partial charge in [-0.1, -0.05) is 12.8 Å². The predicted octanol–water partition coefficient (Wildman–Crippen LogP) is 3.80. The van der Waals surface area contributed by atoms with Crippen LogP contribution in [0.1, 0.15) is 54.7 Å². The summed E-state index contributed by atoms with van der Waals surface area (Å²) in [6.07, 6.45) is 8.86. The van der Waals surface area contributed by atoms with Crippen LogP contribution in [0, 0.1) is 5.92 Å². The molecule has 0 amide bonds. The van der Waals surface area contributed by atoms with Crippen molar-refractivity contribution in [2.24, 2.45) is 11.7 Å². The van der Waals surface area contributed by atoms with Gasteiger partial charge in [-0.05, 0) is 44.2 Å². The fraction of sp³-hybridized carbons (Fsp3) is 0.800. The molecule has 5 nitrogen and oxygen atoms in total. The maximum atomic E-state index is 6.90. The SMILES string of the molecule is COCOC[C@@H]1CCCC[C@@]1(N)c1ccc(CCOC2CCCCO2)s1. The molecule has 2 aliphatic rings. The molecule has 0 aromatic carbocycles. The Balaban J connectivity index is 1.54. The topological polar surface area (TPSA) is 62.9 Å². The van der Waals surface area contributed by atoms with E-state index in [9.17, 15) is 0 Å². The second-order valence-electron chi connectivity index (χ2n) is 7.44. The summed E-state index contributed by atoms with van der Waals surface area (Å²) in [5, 5.41) is 0. The van der Waals surface area contributed by atoms with Crippen LogP contribution in [0.4, 0.5) is 0 Å². The first-order chi connectivity index (χ1) is 12.7. The fourth-order valence-corrected chi connectivity index (χ4v) is 5.19. The Morgan fingerprint density at radius 3 is 2.92 bits per heavy atom. The second kappa shape index (κ2) is 10.2. The van der Waals surface area contributed by atoms with Crippen LogP contribution in [0.3, 0.4) is 0 Å². The Bertz CT molecular complexity index is 532. The van der Waals surface area contributed by atoms with Crippen molar-refractivity contribution >= 4 is 11.3 Å². The molecule has 148 valence electrons. The van der Waals surface area contributed by atoms with Gasteiger partial charge in [-0.25, -0.2) is 0 Å². The summed E-state index contributed by atoms with van der Waals surface area (Å²) in [6, 6.07) is 4.42. The van der Waals surface area contributed by atoms with Crippen molar-refractivity contribution in [2.45, 2.75) is 63.2 Å². The minimum absolute atomic E-state index is 0.00954. The molecule has 2 fully saturated rings. The highest BCUT2D eigenvalue weighted by Crippen LogP contribution is 2.42. The van der Waals surface area contributed by atoms with Crippen LogP contribution in [-0.2, 0) is 30.9 Å². The van der Waals surface area contributed by atoms with Crippen LogP contribution in [0.5, 0.6) is 0 Å². The number of nitrogens with two attached hydrogens (primary N) is 1. The third-order valence-electron chi connectivity index (χ3n) is 5.55. The lowest BCUT2D eigenvalue weighted by atomic mass is 9.73. The molecule has 2 N–H and O–H groups in total. The maximum absolute atomic E-state index is 6.90. The van der Waals surface area contributed by atoms with Gasteiger partial charge in [0.1, 0.15) is 6.79 Å². The largest absolute Gasteiger partial charge is 0.359 e. The lowest BCUT2D eigenvalue weighted by Crippen LogP contribution is -2.47. The fourth-order valence-electron chi connectivity index (χ4n) is 4.00. The predicted molar refractivity (Wildman–Crippen MR) is 103 cm³/mol. The van der Waals surface area contributed by atoms with E-state index in [2.05, 4.69) is 12.1 Å². The van der Waals surface area contributed by atoms with E-state index >= 15 is 0 Å². The van der Waals surface area contributed by atoms with E-state index in [1.54, 1.807) is 7.11 Å². The van der Waals surface area contributed by atoms with Gasteiger partial charge in [0.2, 0.25) is 0 Å². The monoisotopic (exact) mass is 383 g/mol. The van der Waals surface area contributed by atoms with E-state index in [-0.39, 0.29) is 11.8 Å². The molecule has 0 bridgehead atoms. The van der Waals surface area contributed by atoms with Crippen LogP contribution in [0.2, 0.25) is 0 Å². The van der Waals surface area contributed by atoms with Gasteiger partial charge in [-0.2, -0.15) is 0 Å². The molecule has 3 atom stereocenters. The first-order valence-electron chi connectivity index (χ1n) is 9.90. The summed E-state index contributed by atoms with van der Waals surface area (Å²) in [5.74, 6) is 0.352. The van der Waals surface area contributed by atoms with Crippen LogP contribution < -0.4 is 5.73 Å². The molecule has 1 aliphatic heterocycles. The van der Waals surface area contributed by atoms with Crippen molar-refractivity contribution in [2.75, 3.05) is 33.7 Å². The Labute approximate surface area is 161 Å². The highest BCUT2D eigenvalue weighted by atomic mass is 32.1. The third kappa shape index (κ3) is 5.27. The summed E-state index contributed by atoms with van der Waals surface area (Å²) >= 11 is 1.84. The summed E-state index contributed by atoms with van der Waals surface area (Å²) in [5.41, 5.74) is 6.63. The maximum Gasteiger partial charge on any atom is 0.157 e. The van der Waals surface area contributed by atoms with E-state index < -0.39 is 0 Å². The van der Waals surface area contributed by atoms with Crippen molar-refractivity contribution in [3.05, 3.63) is 21.9 Å². The van der Waals surface area contributed by atoms with Gasteiger partial charge in [-0.15, -0.1) is 11.3 Å². The van der Waals surface area contributed by atoms with Gasteiger partial charge in [0.05, 0.1) is 18.8 Å². The molecular weight excluding hydrogens is 350 g/mol. The number of ether oxygens (including phenoxy) is 4. The van der Waals surface area contributed by atoms with E-state index in [1.807, 2.05) is 11.3 Å². The van der Waals surface area contributed by atoms with Crippen LogP contribution in [0.25, 0.3) is 0 Å².